The summed E-state index contributed by atoms with van der Waals surface area (Å²) >= 11 is 0. The molecule has 108 valence electrons. The number of hydrogen-bond acceptors (Lipinski definition) is 3. The predicted molar refractivity (Wildman–Crippen MR) is 84.9 cm³/mol. The standard InChI is InChI=1S/C12H25N3O2.HI/c1-13-12(15-11-5-6-11)14-7-3-4-8-17-10-9-16-2;/h11H,3-10H2,1-2H3,(H2,13,14,15);1H. The van der Waals surface area contributed by atoms with Gasteiger partial charge in [0.1, 0.15) is 0 Å². The highest BCUT2D eigenvalue weighted by molar-refractivity contribution is 14.0. The summed E-state index contributed by atoms with van der Waals surface area (Å²) in [5.74, 6) is 0.924. The van der Waals surface area contributed by atoms with E-state index in [-0.39, 0.29) is 24.0 Å². The lowest BCUT2D eigenvalue weighted by Crippen LogP contribution is -2.38. The van der Waals surface area contributed by atoms with E-state index in [0.29, 0.717) is 19.3 Å². The van der Waals surface area contributed by atoms with Crippen molar-refractivity contribution in [3.05, 3.63) is 0 Å². The third kappa shape index (κ3) is 9.90. The van der Waals surface area contributed by atoms with Gasteiger partial charge in [0.25, 0.3) is 0 Å². The van der Waals surface area contributed by atoms with Crippen LogP contribution in [0.1, 0.15) is 25.7 Å². The van der Waals surface area contributed by atoms with E-state index in [4.69, 9.17) is 9.47 Å². The smallest absolute Gasteiger partial charge is 0.191 e. The van der Waals surface area contributed by atoms with Crippen molar-refractivity contribution in [2.45, 2.75) is 31.7 Å². The van der Waals surface area contributed by atoms with Gasteiger partial charge in [-0.3, -0.25) is 4.99 Å². The minimum Gasteiger partial charge on any atom is -0.382 e. The number of hydrogen-bond donors (Lipinski definition) is 2. The zero-order valence-electron chi connectivity index (χ0n) is 11.4. The number of methoxy groups -OCH3 is 1. The van der Waals surface area contributed by atoms with E-state index in [0.717, 1.165) is 32.0 Å². The molecule has 6 heteroatoms. The second-order valence-electron chi connectivity index (χ2n) is 4.23. The van der Waals surface area contributed by atoms with Gasteiger partial charge in [0.15, 0.2) is 5.96 Å². The molecule has 0 spiro atoms. The molecule has 2 N–H and O–H groups in total. The van der Waals surface area contributed by atoms with Gasteiger partial charge < -0.3 is 20.1 Å². The first-order valence-corrected chi connectivity index (χ1v) is 6.40. The van der Waals surface area contributed by atoms with Crippen molar-refractivity contribution >= 4 is 29.9 Å². The number of guanidine groups is 1. The summed E-state index contributed by atoms with van der Waals surface area (Å²) in [7, 11) is 3.50. The molecule has 0 aromatic rings. The minimum absolute atomic E-state index is 0. The van der Waals surface area contributed by atoms with Crippen LogP contribution in [-0.4, -0.2) is 52.5 Å². The molecule has 1 aliphatic rings. The van der Waals surface area contributed by atoms with Crippen LogP contribution in [0.4, 0.5) is 0 Å². The lowest BCUT2D eigenvalue weighted by atomic mass is 10.3. The Kier molecular flexibility index (Phi) is 11.9. The van der Waals surface area contributed by atoms with E-state index in [9.17, 15) is 0 Å². The SMILES string of the molecule is CN=C(NCCCCOCCOC)NC1CC1.I. The van der Waals surface area contributed by atoms with Crippen molar-refractivity contribution in [1.29, 1.82) is 0 Å². The maximum Gasteiger partial charge on any atom is 0.191 e. The van der Waals surface area contributed by atoms with Crippen molar-refractivity contribution < 1.29 is 9.47 Å². The lowest BCUT2D eigenvalue weighted by molar-refractivity contribution is 0.0689. The molecule has 5 nitrogen and oxygen atoms in total. The van der Waals surface area contributed by atoms with Crippen molar-refractivity contribution in [2.24, 2.45) is 4.99 Å². The molecule has 1 rings (SSSR count). The van der Waals surface area contributed by atoms with Crippen LogP contribution in [0.15, 0.2) is 4.99 Å². The topological polar surface area (TPSA) is 54.9 Å². The molecular weight excluding hydrogens is 345 g/mol. The average molecular weight is 371 g/mol. The highest BCUT2D eigenvalue weighted by atomic mass is 127. The highest BCUT2D eigenvalue weighted by Gasteiger charge is 2.21. The molecule has 18 heavy (non-hydrogen) atoms. The van der Waals surface area contributed by atoms with Crippen molar-refractivity contribution in [3.8, 4) is 0 Å². The Morgan fingerprint density at radius 2 is 2.00 bits per heavy atom. The molecular formula is C12H26IN3O2. The first-order valence-electron chi connectivity index (χ1n) is 6.40. The summed E-state index contributed by atoms with van der Waals surface area (Å²) in [5, 5.41) is 6.65. The molecule has 0 bridgehead atoms. The maximum atomic E-state index is 5.38. The number of unbranched alkanes of at least 4 members (excludes halogenated alkanes) is 1. The molecule has 1 fully saturated rings. The average Bonchev–Trinajstić information content (AvgIpc) is 3.15. The Labute approximate surface area is 127 Å². The van der Waals surface area contributed by atoms with Gasteiger partial charge in [0.05, 0.1) is 13.2 Å². The molecule has 0 unspecified atom stereocenters. The van der Waals surface area contributed by atoms with E-state index >= 15 is 0 Å². The van der Waals surface area contributed by atoms with Gasteiger partial charge in [-0.25, -0.2) is 0 Å². The van der Waals surface area contributed by atoms with Gasteiger partial charge >= 0.3 is 0 Å². The maximum absolute atomic E-state index is 5.38. The number of halogens is 1. The first-order chi connectivity index (χ1) is 8.36. The Bertz CT molecular complexity index is 223. The van der Waals surface area contributed by atoms with Gasteiger partial charge in [-0.1, -0.05) is 0 Å². The summed E-state index contributed by atoms with van der Waals surface area (Å²) in [5.41, 5.74) is 0. The molecule has 0 radical (unpaired) electrons. The van der Waals surface area contributed by atoms with Crippen LogP contribution in [0.2, 0.25) is 0 Å². The number of nitrogens with one attached hydrogen (secondary N) is 2. The highest BCUT2D eigenvalue weighted by Crippen LogP contribution is 2.18. The summed E-state index contributed by atoms with van der Waals surface area (Å²) < 4.78 is 10.3. The predicted octanol–water partition coefficient (Wildman–Crippen LogP) is 1.37. The normalized spacial score (nSPS) is 15.1. The van der Waals surface area contributed by atoms with Gasteiger partial charge in [0, 0.05) is 33.4 Å². The molecule has 0 aliphatic heterocycles. The summed E-state index contributed by atoms with van der Waals surface area (Å²) in [6.07, 6.45) is 4.71. The van der Waals surface area contributed by atoms with Crippen LogP contribution in [0.3, 0.4) is 0 Å². The molecule has 0 heterocycles. The number of rotatable bonds is 9. The first kappa shape index (κ1) is 17.9. The van der Waals surface area contributed by atoms with Gasteiger partial charge in [-0.15, -0.1) is 24.0 Å². The third-order valence-corrected chi connectivity index (χ3v) is 2.58. The zero-order chi connectivity index (χ0) is 12.3. The zero-order valence-corrected chi connectivity index (χ0v) is 13.7. The van der Waals surface area contributed by atoms with E-state index in [2.05, 4.69) is 15.6 Å². The van der Waals surface area contributed by atoms with Crippen LogP contribution in [0.5, 0.6) is 0 Å². The van der Waals surface area contributed by atoms with Gasteiger partial charge in [0.2, 0.25) is 0 Å². The van der Waals surface area contributed by atoms with Crippen molar-refractivity contribution in [1.82, 2.24) is 10.6 Å². The van der Waals surface area contributed by atoms with E-state index in [1.807, 2.05) is 7.05 Å². The number of aliphatic imine (C=N–C) groups is 1. The number of nitrogens with zero attached hydrogens (tertiary/aromatic N) is 1. The molecule has 0 atom stereocenters. The van der Waals surface area contributed by atoms with E-state index < -0.39 is 0 Å². The summed E-state index contributed by atoms with van der Waals surface area (Å²) in [6, 6.07) is 0.651. The van der Waals surface area contributed by atoms with Crippen LogP contribution in [0.25, 0.3) is 0 Å². The molecule has 0 aromatic heterocycles. The van der Waals surface area contributed by atoms with Crippen LogP contribution in [-0.2, 0) is 9.47 Å². The second kappa shape index (κ2) is 12.0. The quantitative estimate of drug-likeness (QED) is 0.278. The van der Waals surface area contributed by atoms with E-state index in [1.165, 1.54) is 12.8 Å². The Hall–Kier alpha value is -0.0800. The van der Waals surface area contributed by atoms with Gasteiger partial charge in [-0.05, 0) is 25.7 Å². The Morgan fingerprint density at radius 1 is 1.22 bits per heavy atom. The Morgan fingerprint density at radius 3 is 2.61 bits per heavy atom. The fourth-order valence-corrected chi connectivity index (χ4v) is 1.40. The van der Waals surface area contributed by atoms with Crippen molar-refractivity contribution in [3.63, 3.8) is 0 Å². The summed E-state index contributed by atoms with van der Waals surface area (Å²) in [4.78, 5) is 4.17. The molecule has 0 aromatic carbocycles. The minimum atomic E-state index is 0. The van der Waals surface area contributed by atoms with E-state index in [1.54, 1.807) is 7.11 Å². The monoisotopic (exact) mass is 371 g/mol. The molecule has 0 amide bonds. The van der Waals surface area contributed by atoms with Crippen molar-refractivity contribution in [2.75, 3.05) is 40.5 Å². The van der Waals surface area contributed by atoms with Crippen LogP contribution in [0, 0.1) is 0 Å². The fourth-order valence-electron chi connectivity index (χ4n) is 1.40. The van der Waals surface area contributed by atoms with Crippen LogP contribution < -0.4 is 10.6 Å². The Balaban J connectivity index is 0.00000289. The fraction of sp³-hybridized carbons (Fsp3) is 0.917. The summed E-state index contributed by atoms with van der Waals surface area (Å²) in [6.45, 7) is 3.12. The largest absolute Gasteiger partial charge is 0.382 e. The number of ether oxygens (including phenoxy) is 2. The van der Waals surface area contributed by atoms with Crippen LogP contribution >= 0.6 is 24.0 Å². The van der Waals surface area contributed by atoms with Gasteiger partial charge in [-0.2, -0.15) is 0 Å². The lowest BCUT2D eigenvalue weighted by Gasteiger charge is -2.10. The third-order valence-electron chi connectivity index (χ3n) is 2.58. The molecule has 0 saturated heterocycles. The molecule has 1 saturated carbocycles. The second-order valence-corrected chi connectivity index (χ2v) is 4.23. The molecule has 1 aliphatic carbocycles.